The molecule has 0 radical (unpaired) electrons. The predicted molar refractivity (Wildman–Crippen MR) is 81.6 cm³/mol. The summed E-state index contributed by atoms with van der Waals surface area (Å²) in [6, 6.07) is 6.65. The van der Waals surface area contributed by atoms with Gasteiger partial charge in [-0.3, -0.25) is 4.79 Å². The lowest BCUT2D eigenvalue weighted by molar-refractivity contribution is -0.116. The number of nitrogens with one attached hydrogen (secondary N) is 2. The van der Waals surface area contributed by atoms with Crippen LogP contribution in [-0.4, -0.2) is 18.5 Å². The zero-order valence-corrected chi connectivity index (χ0v) is 12.5. The number of hydrogen-bond donors (Lipinski definition) is 2. The van der Waals surface area contributed by atoms with Crippen molar-refractivity contribution in [1.82, 2.24) is 5.32 Å². The van der Waals surface area contributed by atoms with Crippen molar-refractivity contribution in [2.24, 2.45) is 0 Å². The van der Waals surface area contributed by atoms with E-state index in [0.29, 0.717) is 12.5 Å². The molecule has 0 saturated carbocycles. The van der Waals surface area contributed by atoms with Gasteiger partial charge in [0.2, 0.25) is 5.91 Å². The Bertz CT molecular complexity index is 391. The molecule has 1 aromatic rings. The third-order valence-electron chi connectivity index (χ3n) is 3.17. The third kappa shape index (κ3) is 5.03. The highest BCUT2D eigenvalue weighted by Gasteiger charge is 2.09. The van der Waals surface area contributed by atoms with E-state index in [1.165, 1.54) is 11.1 Å². The largest absolute Gasteiger partial charge is 0.326 e. The van der Waals surface area contributed by atoms with Crippen LogP contribution >= 0.6 is 0 Å². The maximum absolute atomic E-state index is 12.0. The molecular formula is C16H26N2O. The van der Waals surface area contributed by atoms with Crippen molar-refractivity contribution in [1.29, 1.82) is 0 Å². The molecule has 0 aliphatic carbocycles. The van der Waals surface area contributed by atoms with E-state index in [0.717, 1.165) is 25.1 Å². The summed E-state index contributed by atoms with van der Waals surface area (Å²) >= 11 is 0. The van der Waals surface area contributed by atoms with Crippen molar-refractivity contribution in [3.63, 3.8) is 0 Å². The first kappa shape index (κ1) is 15.7. The molecule has 1 amide bonds. The molecule has 2 N–H and O–H groups in total. The molecule has 0 spiro atoms. The number of aryl methyl sites for hydroxylation is 2. The van der Waals surface area contributed by atoms with Crippen LogP contribution in [0.25, 0.3) is 0 Å². The Kier molecular flexibility index (Phi) is 6.57. The Morgan fingerprint density at radius 2 is 1.74 bits per heavy atom. The molecule has 3 heteroatoms. The van der Waals surface area contributed by atoms with Crippen molar-refractivity contribution >= 4 is 11.6 Å². The third-order valence-corrected chi connectivity index (χ3v) is 3.17. The first-order valence-electron chi connectivity index (χ1n) is 7.22. The van der Waals surface area contributed by atoms with Crippen molar-refractivity contribution in [3.05, 3.63) is 29.3 Å². The number of benzene rings is 1. The molecule has 1 aromatic carbocycles. The first-order chi connectivity index (χ1) is 9.08. The van der Waals surface area contributed by atoms with Gasteiger partial charge in [0.25, 0.3) is 0 Å². The fraction of sp³-hybridized carbons (Fsp3) is 0.562. The fourth-order valence-electron chi connectivity index (χ4n) is 2.08. The zero-order chi connectivity index (χ0) is 14.3. The molecule has 0 bridgehead atoms. The average molecular weight is 262 g/mol. The summed E-state index contributed by atoms with van der Waals surface area (Å²) in [6.07, 6.45) is 2.39. The first-order valence-corrected chi connectivity index (χ1v) is 7.22. The van der Waals surface area contributed by atoms with E-state index in [9.17, 15) is 4.79 Å². The van der Waals surface area contributed by atoms with Gasteiger partial charge in [-0.15, -0.1) is 0 Å². The Balaban J connectivity index is 2.67. The normalized spacial score (nSPS) is 10.8. The minimum Gasteiger partial charge on any atom is -0.326 e. The second kappa shape index (κ2) is 7.95. The molecule has 0 aromatic heterocycles. The topological polar surface area (TPSA) is 41.1 Å². The summed E-state index contributed by atoms with van der Waals surface area (Å²) in [5.41, 5.74) is 3.44. The van der Waals surface area contributed by atoms with Crippen molar-refractivity contribution in [3.8, 4) is 0 Å². The lowest BCUT2D eigenvalue weighted by Crippen LogP contribution is -2.27. The summed E-state index contributed by atoms with van der Waals surface area (Å²) in [4.78, 5) is 12.0. The molecule has 0 heterocycles. The van der Waals surface area contributed by atoms with Gasteiger partial charge >= 0.3 is 0 Å². The van der Waals surface area contributed by atoms with Crippen LogP contribution in [0.15, 0.2) is 18.2 Å². The Morgan fingerprint density at radius 1 is 1.16 bits per heavy atom. The van der Waals surface area contributed by atoms with E-state index < -0.39 is 0 Å². The van der Waals surface area contributed by atoms with Crippen molar-refractivity contribution in [2.75, 3.05) is 11.9 Å². The molecule has 3 nitrogen and oxygen atoms in total. The smallest absolute Gasteiger partial charge is 0.225 e. The Hall–Kier alpha value is -1.35. The molecule has 0 fully saturated rings. The van der Waals surface area contributed by atoms with Gasteiger partial charge < -0.3 is 10.6 Å². The fourth-order valence-corrected chi connectivity index (χ4v) is 2.08. The minimum atomic E-state index is 0.0868. The summed E-state index contributed by atoms with van der Waals surface area (Å²) in [5, 5.41) is 6.33. The molecule has 19 heavy (non-hydrogen) atoms. The number of rotatable bonds is 7. The lowest BCUT2D eigenvalue weighted by Gasteiger charge is -2.15. The van der Waals surface area contributed by atoms with E-state index in [-0.39, 0.29) is 5.91 Å². The maximum atomic E-state index is 12.0. The van der Waals surface area contributed by atoms with Gasteiger partial charge in [0.15, 0.2) is 0 Å². The minimum absolute atomic E-state index is 0.0868. The Labute approximate surface area is 116 Å². The van der Waals surface area contributed by atoms with Gasteiger partial charge in [-0.1, -0.05) is 45.9 Å². The molecule has 0 aliphatic rings. The SMILES string of the molecule is CCc1cccc(CC)c1NC(=O)CCNC(C)C. The van der Waals surface area contributed by atoms with Crippen LogP contribution in [0.1, 0.15) is 45.2 Å². The molecule has 0 atom stereocenters. The van der Waals surface area contributed by atoms with Gasteiger partial charge in [0, 0.05) is 24.7 Å². The van der Waals surface area contributed by atoms with E-state index in [1.54, 1.807) is 0 Å². The van der Waals surface area contributed by atoms with Crippen molar-refractivity contribution in [2.45, 2.75) is 53.0 Å². The quantitative estimate of drug-likeness (QED) is 0.792. The van der Waals surface area contributed by atoms with E-state index >= 15 is 0 Å². The van der Waals surface area contributed by atoms with Gasteiger partial charge in [0.1, 0.15) is 0 Å². The second-order valence-electron chi connectivity index (χ2n) is 5.07. The second-order valence-corrected chi connectivity index (χ2v) is 5.07. The number of hydrogen-bond acceptors (Lipinski definition) is 2. The number of amides is 1. The maximum Gasteiger partial charge on any atom is 0.225 e. The van der Waals surface area contributed by atoms with Crippen LogP contribution in [0.2, 0.25) is 0 Å². The summed E-state index contributed by atoms with van der Waals surface area (Å²) in [5.74, 6) is 0.0868. The van der Waals surface area contributed by atoms with Crippen LogP contribution < -0.4 is 10.6 Å². The highest BCUT2D eigenvalue weighted by atomic mass is 16.1. The average Bonchev–Trinajstić information content (AvgIpc) is 2.38. The van der Waals surface area contributed by atoms with E-state index in [4.69, 9.17) is 0 Å². The highest BCUT2D eigenvalue weighted by molar-refractivity contribution is 5.92. The highest BCUT2D eigenvalue weighted by Crippen LogP contribution is 2.22. The molecular weight excluding hydrogens is 236 g/mol. The van der Waals surface area contributed by atoms with E-state index in [1.807, 2.05) is 0 Å². The molecule has 1 rings (SSSR count). The standard InChI is InChI=1S/C16H26N2O/c1-5-13-8-7-9-14(6-2)16(13)18-15(19)10-11-17-12(3)4/h7-9,12,17H,5-6,10-11H2,1-4H3,(H,18,19). The van der Waals surface area contributed by atoms with Gasteiger partial charge in [-0.25, -0.2) is 0 Å². The van der Waals surface area contributed by atoms with Crippen molar-refractivity contribution < 1.29 is 4.79 Å². The van der Waals surface area contributed by atoms with Crippen LogP contribution in [0.4, 0.5) is 5.69 Å². The van der Waals surface area contributed by atoms with Crippen LogP contribution in [0, 0.1) is 0 Å². The monoisotopic (exact) mass is 262 g/mol. The number of carbonyl (C=O) groups excluding carboxylic acids is 1. The summed E-state index contributed by atoms with van der Waals surface area (Å²) in [6.45, 7) is 9.12. The summed E-state index contributed by atoms with van der Waals surface area (Å²) in [7, 11) is 0. The summed E-state index contributed by atoms with van der Waals surface area (Å²) < 4.78 is 0. The molecule has 0 unspecified atom stereocenters. The molecule has 106 valence electrons. The predicted octanol–water partition coefficient (Wildman–Crippen LogP) is 3.14. The van der Waals surface area contributed by atoms with E-state index in [2.05, 4.69) is 56.5 Å². The Morgan fingerprint density at radius 3 is 2.21 bits per heavy atom. The van der Waals surface area contributed by atoms with Gasteiger partial charge in [0.05, 0.1) is 0 Å². The van der Waals surface area contributed by atoms with Gasteiger partial charge in [-0.2, -0.15) is 0 Å². The van der Waals surface area contributed by atoms with Gasteiger partial charge in [-0.05, 0) is 24.0 Å². The van der Waals surface area contributed by atoms with Crippen LogP contribution in [0.3, 0.4) is 0 Å². The number of para-hydroxylation sites is 1. The lowest BCUT2D eigenvalue weighted by atomic mass is 10.0. The van der Waals surface area contributed by atoms with Crippen LogP contribution in [0.5, 0.6) is 0 Å². The number of carbonyl (C=O) groups is 1. The molecule has 0 saturated heterocycles. The number of anilines is 1. The van der Waals surface area contributed by atoms with Crippen LogP contribution in [-0.2, 0) is 17.6 Å². The molecule has 0 aliphatic heterocycles. The zero-order valence-electron chi connectivity index (χ0n) is 12.5.